The second kappa shape index (κ2) is 7.38. The normalized spacial score (nSPS) is 24.0. The van der Waals surface area contributed by atoms with Crippen LogP contribution < -0.4 is 15.0 Å². The maximum Gasteiger partial charge on any atom is 0.279 e. The van der Waals surface area contributed by atoms with Crippen molar-refractivity contribution in [2.24, 2.45) is 0 Å². The van der Waals surface area contributed by atoms with Crippen molar-refractivity contribution in [2.75, 3.05) is 32.1 Å². The number of non-ortho nitro benzene ring substituents is 1. The molecule has 0 unspecified atom stereocenters. The monoisotopic (exact) mass is 324 g/mol. The highest BCUT2D eigenvalue weighted by Crippen LogP contribution is 2.28. The molecule has 2 rings (SSSR count). The number of nitrogens with one attached hydrogen (secondary N) is 2. The summed E-state index contributed by atoms with van der Waals surface area (Å²) in [5.41, 5.74) is 0.346. The molecular weight excluding hydrogens is 302 g/mol. The van der Waals surface area contributed by atoms with Crippen LogP contribution in [0.3, 0.4) is 0 Å². The maximum absolute atomic E-state index is 12.2. The fourth-order valence-electron chi connectivity index (χ4n) is 2.85. The van der Waals surface area contributed by atoms with Gasteiger partial charge in [-0.15, -0.1) is 0 Å². The van der Waals surface area contributed by atoms with Gasteiger partial charge in [0, 0.05) is 6.07 Å². The van der Waals surface area contributed by atoms with E-state index in [-0.39, 0.29) is 29.6 Å². The fourth-order valence-corrected chi connectivity index (χ4v) is 2.85. The number of hydrogen-bond donors (Lipinski definition) is 2. The Balaban J connectivity index is 2.01. The predicted molar refractivity (Wildman–Crippen MR) is 83.9 cm³/mol. The molecule has 23 heavy (non-hydrogen) atoms. The standard InChI is InChI=1S/C15H21N3O5/c1-10-7-17(8-11(2)23-10)9-15(19)16-13-5-4-12(18(20)21)6-14(13)22-3/h4-6,10-11H,7-9H2,1-3H3,(H,16,19)/p+1/t10-,11-/m1/s1. The summed E-state index contributed by atoms with van der Waals surface area (Å²) in [5, 5.41) is 13.5. The Morgan fingerprint density at radius 1 is 1.43 bits per heavy atom. The molecule has 1 aromatic carbocycles. The number of hydrogen-bond acceptors (Lipinski definition) is 5. The molecule has 1 heterocycles. The first-order chi connectivity index (χ1) is 10.9. The number of carbonyl (C=O) groups is 1. The van der Waals surface area contributed by atoms with E-state index >= 15 is 0 Å². The third-order valence-corrected chi connectivity index (χ3v) is 3.70. The Kier molecular flexibility index (Phi) is 5.51. The molecule has 0 aromatic heterocycles. The summed E-state index contributed by atoms with van der Waals surface area (Å²) < 4.78 is 10.8. The second-order valence-corrected chi connectivity index (χ2v) is 5.78. The lowest BCUT2D eigenvalue weighted by molar-refractivity contribution is -0.907. The lowest BCUT2D eigenvalue weighted by Gasteiger charge is -2.31. The first kappa shape index (κ1) is 17.2. The van der Waals surface area contributed by atoms with E-state index in [0.717, 1.165) is 18.0 Å². The summed E-state index contributed by atoms with van der Waals surface area (Å²) in [5.74, 6) is 0.111. The molecule has 0 spiro atoms. The Bertz CT molecular complexity index is 582. The molecule has 1 amide bonds. The van der Waals surface area contributed by atoms with Crippen LogP contribution in [-0.4, -0.2) is 49.8 Å². The summed E-state index contributed by atoms with van der Waals surface area (Å²) in [4.78, 5) is 23.6. The number of amides is 1. The SMILES string of the molecule is COc1cc([N+](=O)[O-])ccc1NC(=O)C[NH+]1C[C@@H](C)O[C@H](C)C1. The number of benzene rings is 1. The van der Waals surface area contributed by atoms with E-state index in [0.29, 0.717) is 12.2 Å². The van der Waals surface area contributed by atoms with Gasteiger partial charge in [-0.1, -0.05) is 0 Å². The van der Waals surface area contributed by atoms with Crippen LogP contribution in [-0.2, 0) is 9.53 Å². The van der Waals surface area contributed by atoms with E-state index in [2.05, 4.69) is 5.32 Å². The van der Waals surface area contributed by atoms with Crippen molar-refractivity contribution in [1.82, 2.24) is 0 Å². The van der Waals surface area contributed by atoms with Crippen LogP contribution in [0.2, 0.25) is 0 Å². The van der Waals surface area contributed by atoms with Gasteiger partial charge in [-0.25, -0.2) is 0 Å². The lowest BCUT2D eigenvalue weighted by Crippen LogP contribution is -3.16. The molecule has 1 aliphatic rings. The fraction of sp³-hybridized carbons (Fsp3) is 0.533. The second-order valence-electron chi connectivity index (χ2n) is 5.78. The molecule has 1 aliphatic heterocycles. The van der Waals surface area contributed by atoms with Gasteiger partial charge in [-0.3, -0.25) is 14.9 Å². The van der Waals surface area contributed by atoms with Crippen LogP contribution in [0.25, 0.3) is 0 Å². The quantitative estimate of drug-likeness (QED) is 0.597. The van der Waals surface area contributed by atoms with E-state index in [1.807, 2.05) is 13.8 Å². The van der Waals surface area contributed by atoms with Crippen LogP contribution in [0.4, 0.5) is 11.4 Å². The molecule has 8 heteroatoms. The molecule has 0 bridgehead atoms. The van der Waals surface area contributed by atoms with E-state index < -0.39 is 4.92 Å². The Hall–Kier alpha value is -2.19. The molecular formula is C15H22N3O5+. The zero-order chi connectivity index (χ0) is 17.0. The van der Waals surface area contributed by atoms with Crippen molar-refractivity contribution in [1.29, 1.82) is 0 Å². The number of quaternary nitrogens is 1. The number of nitro benzene ring substituents is 1. The van der Waals surface area contributed by atoms with Gasteiger partial charge in [0.1, 0.15) is 31.0 Å². The Labute approximate surface area is 134 Å². The molecule has 0 saturated carbocycles. The minimum absolute atomic E-state index is 0.0821. The van der Waals surface area contributed by atoms with Crippen molar-refractivity contribution in [3.63, 3.8) is 0 Å². The van der Waals surface area contributed by atoms with Crippen LogP contribution >= 0.6 is 0 Å². The molecule has 1 fully saturated rings. The van der Waals surface area contributed by atoms with Crippen molar-refractivity contribution < 1.29 is 24.1 Å². The molecule has 0 aliphatic carbocycles. The highest BCUT2D eigenvalue weighted by molar-refractivity contribution is 5.93. The molecule has 2 N–H and O–H groups in total. The molecule has 1 saturated heterocycles. The zero-order valence-electron chi connectivity index (χ0n) is 13.5. The largest absolute Gasteiger partial charge is 0.494 e. The third-order valence-electron chi connectivity index (χ3n) is 3.70. The average molecular weight is 324 g/mol. The van der Waals surface area contributed by atoms with E-state index in [1.54, 1.807) is 0 Å². The first-order valence-corrected chi connectivity index (χ1v) is 7.50. The van der Waals surface area contributed by atoms with Crippen molar-refractivity contribution >= 4 is 17.3 Å². The van der Waals surface area contributed by atoms with Crippen LogP contribution in [0.1, 0.15) is 13.8 Å². The molecule has 8 nitrogen and oxygen atoms in total. The van der Waals surface area contributed by atoms with Crippen molar-refractivity contribution in [3.8, 4) is 5.75 Å². The van der Waals surface area contributed by atoms with Crippen LogP contribution in [0.5, 0.6) is 5.75 Å². The molecule has 126 valence electrons. The van der Waals surface area contributed by atoms with Gasteiger partial charge >= 0.3 is 0 Å². The number of carbonyl (C=O) groups excluding carboxylic acids is 1. The number of nitro groups is 1. The van der Waals surface area contributed by atoms with E-state index in [9.17, 15) is 14.9 Å². The highest BCUT2D eigenvalue weighted by Gasteiger charge is 2.27. The minimum Gasteiger partial charge on any atom is -0.494 e. The van der Waals surface area contributed by atoms with Gasteiger partial charge in [0.15, 0.2) is 6.54 Å². The number of morpholine rings is 1. The third kappa shape index (κ3) is 4.64. The Morgan fingerprint density at radius 3 is 2.65 bits per heavy atom. The summed E-state index contributed by atoms with van der Waals surface area (Å²) >= 11 is 0. The van der Waals surface area contributed by atoms with E-state index in [4.69, 9.17) is 9.47 Å². The summed E-state index contributed by atoms with van der Waals surface area (Å²) in [6.45, 7) is 5.85. The first-order valence-electron chi connectivity index (χ1n) is 7.50. The minimum atomic E-state index is -0.505. The van der Waals surface area contributed by atoms with Gasteiger partial charge in [0.25, 0.3) is 11.6 Å². The average Bonchev–Trinajstić information content (AvgIpc) is 2.46. The number of anilines is 1. The maximum atomic E-state index is 12.2. The molecule has 1 aromatic rings. The lowest BCUT2D eigenvalue weighted by atomic mass is 10.2. The van der Waals surface area contributed by atoms with Gasteiger partial charge in [-0.05, 0) is 19.9 Å². The molecule has 0 radical (unpaired) electrons. The van der Waals surface area contributed by atoms with Crippen LogP contribution in [0.15, 0.2) is 18.2 Å². The predicted octanol–water partition coefficient (Wildman–Crippen LogP) is 0.234. The van der Waals surface area contributed by atoms with E-state index in [1.165, 1.54) is 25.3 Å². The number of ether oxygens (including phenoxy) is 2. The smallest absolute Gasteiger partial charge is 0.279 e. The summed E-state index contributed by atoms with van der Waals surface area (Å²) in [6, 6.07) is 4.11. The van der Waals surface area contributed by atoms with Gasteiger partial charge in [0.2, 0.25) is 0 Å². The number of methoxy groups -OCH3 is 1. The summed E-state index contributed by atoms with van der Waals surface area (Å²) in [7, 11) is 1.41. The Morgan fingerprint density at radius 2 is 2.09 bits per heavy atom. The summed E-state index contributed by atoms with van der Waals surface area (Å²) in [6.07, 6.45) is 0.242. The van der Waals surface area contributed by atoms with Gasteiger partial charge in [0.05, 0.1) is 23.8 Å². The van der Waals surface area contributed by atoms with Gasteiger partial charge < -0.3 is 19.7 Å². The number of rotatable bonds is 5. The van der Waals surface area contributed by atoms with Gasteiger partial charge in [-0.2, -0.15) is 0 Å². The topological polar surface area (TPSA) is 95.1 Å². The zero-order valence-corrected chi connectivity index (χ0v) is 13.5. The van der Waals surface area contributed by atoms with Crippen molar-refractivity contribution in [2.45, 2.75) is 26.1 Å². The molecule has 2 atom stereocenters. The van der Waals surface area contributed by atoms with Crippen LogP contribution in [0, 0.1) is 10.1 Å². The van der Waals surface area contributed by atoms with Crippen molar-refractivity contribution in [3.05, 3.63) is 28.3 Å². The number of nitrogens with zero attached hydrogens (tertiary/aromatic N) is 1. The highest BCUT2D eigenvalue weighted by atomic mass is 16.6.